The van der Waals surface area contributed by atoms with Crippen LogP contribution in [-0.2, 0) is 9.59 Å². The van der Waals surface area contributed by atoms with Crippen molar-refractivity contribution in [1.82, 2.24) is 4.90 Å². The van der Waals surface area contributed by atoms with Gasteiger partial charge < -0.3 is 0 Å². The van der Waals surface area contributed by atoms with Gasteiger partial charge in [-0.3, -0.25) is 14.5 Å². The summed E-state index contributed by atoms with van der Waals surface area (Å²) in [5, 5.41) is 0. The van der Waals surface area contributed by atoms with Crippen LogP contribution in [0.1, 0.15) is 19.8 Å². The third-order valence-corrected chi connectivity index (χ3v) is 2.58. The van der Waals surface area contributed by atoms with Crippen molar-refractivity contribution in [1.29, 1.82) is 0 Å². The molecule has 0 aromatic rings. The highest BCUT2D eigenvalue weighted by atomic mass is 16.2. The van der Waals surface area contributed by atoms with Gasteiger partial charge in [0.25, 0.3) is 11.8 Å². The molecule has 1 fully saturated rings. The van der Waals surface area contributed by atoms with Crippen LogP contribution in [-0.4, -0.2) is 22.8 Å². The van der Waals surface area contributed by atoms with Crippen LogP contribution >= 0.6 is 0 Å². The Balaban J connectivity index is 2.06. The Hall–Kier alpha value is -1.12. The lowest BCUT2D eigenvalue weighted by Crippen LogP contribution is -2.33. The Morgan fingerprint density at radius 3 is 2.42 bits per heavy atom. The van der Waals surface area contributed by atoms with Gasteiger partial charge in [0.1, 0.15) is 0 Å². The van der Waals surface area contributed by atoms with Gasteiger partial charge in [0, 0.05) is 18.2 Å². The number of carbonyl (C=O) groups is 2. The maximum atomic E-state index is 11.1. The summed E-state index contributed by atoms with van der Waals surface area (Å²) in [5.41, 5.74) is 0. The fraction of sp³-hybridized carbons (Fsp3) is 0.556. The fourth-order valence-corrected chi connectivity index (χ4v) is 1.73. The molecule has 1 heterocycles. The molecule has 0 aromatic heterocycles. The monoisotopic (exact) mass is 165 g/mol. The summed E-state index contributed by atoms with van der Waals surface area (Å²) in [4.78, 5) is 23.7. The van der Waals surface area contributed by atoms with Crippen molar-refractivity contribution in [2.75, 3.05) is 0 Å². The summed E-state index contributed by atoms with van der Waals surface area (Å²) >= 11 is 0. The summed E-state index contributed by atoms with van der Waals surface area (Å²) in [6.45, 7) is 2.09. The number of hydrogen-bond donors (Lipinski definition) is 0. The number of imide groups is 1. The second-order valence-electron chi connectivity index (χ2n) is 3.35. The molecule has 1 saturated carbocycles. The molecule has 0 saturated heterocycles. The molecular weight excluding hydrogens is 154 g/mol. The van der Waals surface area contributed by atoms with E-state index in [2.05, 4.69) is 6.92 Å². The minimum Gasteiger partial charge on any atom is -0.272 e. The Morgan fingerprint density at radius 1 is 1.42 bits per heavy atom. The predicted octanol–water partition coefficient (Wildman–Crippen LogP) is 0.710. The zero-order valence-corrected chi connectivity index (χ0v) is 6.99. The molecular formula is C9H11NO2. The van der Waals surface area contributed by atoms with E-state index in [1.807, 2.05) is 0 Å². The van der Waals surface area contributed by atoms with Crippen LogP contribution < -0.4 is 0 Å². The van der Waals surface area contributed by atoms with Crippen molar-refractivity contribution in [3.63, 3.8) is 0 Å². The predicted molar refractivity (Wildman–Crippen MR) is 43.2 cm³/mol. The molecule has 1 aliphatic carbocycles. The van der Waals surface area contributed by atoms with E-state index < -0.39 is 0 Å². The van der Waals surface area contributed by atoms with Crippen molar-refractivity contribution >= 4 is 11.8 Å². The Kier molecular flexibility index (Phi) is 1.53. The average Bonchev–Trinajstić information content (AvgIpc) is 2.74. The van der Waals surface area contributed by atoms with E-state index in [0.29, 0.717) is 5.92 Å². The lowest BCUT2D eigenvalue weighted by Gasteiger charge is -2.12. The van der Waals surface area contributed by atoms with Crippen molar-refractivity contribution in [2.24, 2.45) is 5.92 Å². The first-order chi connectivity index (χ1) is 5.74. The second-order valence-corrected chi connectivity index (χ2v) is 3.35. The van der Waals surface area contributed by atoms with Crippen LogP contribution in [0, 0.1) is 5.92 Å². The van der Waals surface area contributed by atoms with Gasteiger partial charge in [-0.2, -0.15) is 0 Å². The third kappa shape index (κ3) is 0.967. The number of carbonyl (C=O) groups excluding carboxylic acids is 2. The van der Waals surface area contributed by atoms with Crippen molar-refractivity contribution in [3.05, 3.63) is 12.2 Å². The van der Waals surface area contributed by atoms with Gasteiger partial charge in [0.05, 0.1) is 0 Å². The summed E-state index contributed by atoms with van der Waals surface area (Å²) in [7, 11) is 0. The van der Waals surface area contributed by atoms with Crippen LogP contribution in [0.3, 0.4) is 0 Å². The van der Waals surface area contributed by atoms with E-state index in [1.165, 1.54) is 17.1 Å². The van der Waals surface area contributed by atoms with Crippen LogP contribution in [0.5, 0.6) is 0 Å². The summed E-state index contributed by atoms with van der Waals surface area (Å²) < 4.78 is 0. The van der Waals surface area contributed by atoms with Gasteiger partial charge >= 0.3 is 0 Å². The highest BCUT2D eigenvalue weighted by molar-refractivity contribution is 6.13. The first kappa shape index (κ1) is 7.53. The topological polar surface area (TPSA) is 37.4 Å². The second kappa shape index (κ2) is 2.44. The molecule has 1 aliphatic heterocycles. The average molecular weight is 165 g/mol. The molecule has 0 bridgehead atoms. The maximum Gasteiger partial charge on any atom is 0.253 e. The van der Waals surface area contributed by atoms with Gasteiger partial charge in [-0.1, -0.05) is 13.3 Å². The van der Waals surface area contributed by atoms with Gasteiger partial charge in [-0.25, -0.2) is 0 Å². The molecule has 2 atom stereocenters. The molecule has 0 spiro atoms. The lowest BCUT2D eigenvalue weighted by atomic mass is 10.3. The number of hydrogen-bond acceptors (Lipinski definition) is 2. The number of amides is 2. The molecule has 12 heavy (non-hydrogen) atoms. The molecule has 0 radical (unpaired) electrons. The van der Waals surface area contributed by atoms with E-state index in [4.69, 9.17) is 0 Å². The fourth-order valence-electron chi connectivity index (χ4n) is 1.73. The lowest BCUT2D eigenvalue weighted by molar-refractivity contribution is -0.137. The van der Waals surface area contributed by atoms with Crippen molar-refractivity contribution in [3.8, 4) is 0 Å². The van der Waals surface area contributed by atoms with Crippen LogP contribution in [0.2, 0.25) is 0 Å². The van der Waals surface area contributed by atoms with E-state index in [-0.39, 0.29) is 17.9 Å². The third-order valence-electron chi connectivity index (χ3n) is 2.58. The van der Waals surface area contributed by atoms with Crippen molar-refractivity contribution < 1.29 is 9.59 Å². The number of rotatable bonds is 2. The Morgan fingerprint density at radius 2 is 2.00 bits per heavy atom. The summed E-state index contributed by atoms with van der Waals surface area (Å²) in [6, 6.07) is 0.199. The molecule has 2 aliphatic rings. The number of nitrogens with zero attached hydrogens (tertiary/aromatic N) is 1. The molecule has 2 rings (SSSR count). The molecule has 0 aromatic carbocycles. The maximum absolute atomic E-state index is 11.1. The van der Waals surface area contributed by atoms with E-state index in [9.17, 15) is 9.59 Å². The smallest absolute Gasteiger partial charge is 0.253 e. The highest BCUT2D eigenvalue weighted by Crippen LogP contribution is 2.39. The quantitative estimate of drug-likeness (QED) is 0.565. The zero-order valence-electron chi connectivity index (χ0n) is 6.99. The van der Waals surface area contributed by atoms with E-state index in [1.54, 1.807) is 0 Å². The van der Waals surface area contributed by atoms with E-state index >= 15 is 0 Å². The molecule has 2 unspecified atom stereocenters. The first-order valence-corrected chi connectivity index (χ1v) is 4.29. The van der Waals surface area contributed by atoms with Gasteiger partial charge in [-0.15, -0.1) is 0 Å². The molecule has 64 valence electrons. The standard InChI is InChI=1S/C9H11NO2/c1-2-6-5-7(6)10-8(11)3-4-9(10)12/h3-4,6-7H,2,5H2,1H3. The molecule has 0 N–H and O–H groups in total. The molecule has 2 amide bonds. The Bertz CT molecular complexity index is 252. The van der Waals surface area contributed by atoms with E-state index in [0.717, 1.165) is 12.8 Å². The normalized spacial score (nSPS) is 33.2. The van der Waals surface area contributed by atoms with Crippen LogP contribution in [0.4, 0.5) is 0 Å². The molecule has 3 nitrogen and oxygen atoms in total. The molecule has 3 heteroatoms. The zero-order chi connectivity index (χ0) is 8.72. The largest absolute Gasteiger partial charge is 0.272 e. The first-order valence-electron chi connectivity index (χ1n) is 4.29. The van der Waals surface area contributed by atoms with Crippen LogP contribution in [0.15, 0.2) is 12.2 Å². The van der Waals surface area contributed by atoms with Gasteiger partial charge in [-0.05, 0) is 12.3 Å². The van der Waals surface area contributed by atoms with Gasteiger partial charge in [0.2, 0.25) is 0 Å². The SMILES string of the molecule is CCC1CC1N1C(=O)C=CC1=O. The van der Waals surface area contributed by atoms with Crippen LogP contribution in [0.25, 0.3) is 0 Å². The highest BCUT2D eigenvalue weighted by Gasteiger charge is 2.45. The van der Waals surface area contributed by atoms with Gasteiger partial charge in [0.15, 0.2) is 0 Å². The Labute approximate surface area is 71.0 Å². The summed E-state index contributed by atoms with van der Waals surface area (Å²) in [6.07, 6.45) is 4.76. The summed E-state index contributed by atoms with van der Waals surface area (Å²) in [5.74, 6) is 0.278. The minimum atomic E-state index is -0.138. The minimum absolute atomic E-state index is 0.138. The van der Waals surface area contributed by atoms with Crippen molar-refractivity contribution in [2.45, 2.75) is 25.8 Å².